The molecule has 0 radical (unpaired) electrons. The molecule has 2 rings (SSSR count). The van der Waals surface area contributed by atoms with Crippen molar-refractivity contribution >= 4 is 52.8 Å². The van der Waals surface area contributed by atoms with Gasteiger partial charge in [-0.25, -0.2) is 4.79 Å². The van der Waals surface area contributed by atoms with Gasteiger partial charge in [0.15, 0.2) is 0 Å². The Balaban J connectivity index is 2.10. The minimum atomic E-state index is -1.24. The summed E-state index contributed by atoms with van der Waals surface area (Å²) in [5, 5.41) is 11.1. The van der Waals surface area contributed by atoms with Gasteiger partial charge in [-0.2, -0.15) is 0 Å². The highest BCUT2D eigenvalue weighted by atomic mass is 35.5. The van der Waals surface area contributed by atoms with E-state index in [0.717, 1.165) is 12.8 Å². The second-order valence-electron chi connectivity index (χ2n) is 10.4. The average molecular weight is 572 g/mol. The van der Waals surface area contributed by atoms with Crippen LogP contribution >= 0.6 is 23.2 Å². The lowest BCUT2D eigenvalue weighted by Gasteiger charge is -2.27. The standard InChI is InChI=1S/C26H36Cl2N4O6/c1-5-29-21(33)11-10-19(22(34)24(36)30-17-8-9-17)31-23(35)20(13-26(2,3)4)32-25(37)38-14-15-6-7-16(27)12-18(15)28/h6-7,12,17,19-20H,5,8-11,13-14H2,1-4H3,(H,29,33)(H,30,36)(H,31,35)(H,32,37). The molecule has 2 unspecified atom stereocenters. The largest absolute Gasteiger partial charge is 0.445 e. The second-order valence-corrected chi connectivity index (χ2v) is 11.3. The van der Waals surface area contributed by atoms with Crippen LogP contribution in [0, 0.1) is 5.41 Å². The van der Waals surface area contributed by atoms with Crippen LogP contribution in [0.15, 0.2) is 18.2 Å². The van der Waals surface area contributed by atoms with Crippen LogP contribution in [0.25, 0.3) is 0 Å². The fourth-order valence-electron chi connectivity index (χ4n) is 3.53. The number of carbonyl (C=O) groups excluding carboxylic acids is 5. The first-order valence-corrected chi connectivity index (χ1v) is 13.3. The minimum absolute atomic E-state index is 0.0505. The quantitative estimate of drug-likeness (QED) is 0.268. The number of benzene rings is 1. The third-order valence-corrected chi connectivity index (χ3v) is 6.19. The van der Waals surface area contributed by atoms with Crippen molar-refractivity contribution in [1.29, 1.82) is 0 Å². The molecule has 10 nitrogen and oxygen atoms in total. The van der Waals surface area contributed by atoms with Crippen LogP contribution in [-0.2, 0) is 30.5 Å². The molecule has 38 heavy (non-hydrogen) atoms. The number of Topliss-reactive ketones (excluding diaryl/α,β-unsaturated/α-hetero) is 1. The lowest BCUT2D eigenvalue weighted by molar-refractivity contribution is -0.140. The van der Waals surface area contributed by atoms with E-state index in [1.165, 1.54) is 6.07 Å². The molecule has 0 aliphatic heterocycles. The number of rotatable bonds is 13. The maximum absolute atomic E-state index is 13.3. The fraction of sp³-hybridized carbons (Fsp3) is 0.577. The molecule has 1 aromatic carbocycles. The van der Waals surface area contributed by atoms with Gasteiger partial charge in [-0.05, 0) is 50.2 Å². The van der Waals surface area contributed by atoms with Crippen LogP contribution in [0.4, 0.5) is 4.79 Å². The first-order chi connectivity index (χ1) is 17.8. The first-order valence-electron chi connectivity index (χ1n) is 12.6. The summed E-state index contributed by atoms with van der Waals surface area (Å²) in [6.07, 6.45) is 0.781. The molecule has 0 saturated heterocycles. The van der Waals surface area contributed by atoms with E-state index in [4.69, 9.17) is 27.9 Å². The van der Waals surface area contributed by atoms with E-state index < -0.39 is 41.2 Å². The number of nitrogens with one attached hydrogen (secondary N) is 4. The summed E-state index contributed by atoms with van der Waals surface area (Å²) in [5.74, 6) is -2.64. The van der Waals surface area contributed by atoms with Crippen molar-refractivity contribution in [2.45, 2.75) is 84.5 Å². The Kier molecular flexibility index (Phi) is 11.8. The van der Waals surface area contributed by atoms with E-state index >= 15 is 0 Å². The SMILES string of the molecule is CCNC(=O)CCC(NC(=O)C(CC(C)(C)C)NC(=O)OCc1ccc(Cl)cc1Cl)C(=O)C(=O)NC1CC1. The molecular formula is C26H36Cl2N4O6. The molecule has 210 valence electrons. The van der Waals surface area contributed by atoms with Gasteiger partial charge in [-0.15, -0.1) is 0 Å². The molecule has 1 aromatic rings. The van der Waals surface area contributed by atoms with Crippen LogP contribution in [0.1, 0.15) is 65.4 Å². The van der Waals surface area contributed by atoms with Crippen LogP contribution in [-0.4, -0.2) is 54.3 Å². The van der Waals surface area contributed by atoms with E-state index in [1.807, 2.05) is 20.8 Å². The summed E-state index contributed by atoms with van der Waals surface area (Å²) in [5.41, 5.74) is 0.138. The lowest BCUT2D eigenvalue weighted by atomic mass is 9.87. The third-order valence-electron chi connectivity index (χ3n) is 5.60. The molecule has 12 heteroatoms. The summed E-state index contributed by atoms with van der Waals surface area (Å²) in [6.45, 7) is 7.67. The van der Waals surface area contributed by atoms with Crippen molar-refractivity contribution in [2.75, 3.05) is 6.54 Å². The first kappa shape index (κ1) is 31.4. The molecule has 4 N–H and O–H groups in total. The highest BCUT2D eigenvalue weighted by Crippen LogP contribution is 2.23. The molecule has 1 fully saturated rings. The molecule has 1 saturated carbocycles. The number of ketones is 1. The maximum atomic E-state index is 13.3. The number of alkyl carbamates (subject to hydrolysis) is 1. The van der Waals surface area contributed by atoms with Gasteiger partial charge in [-0.3, -0.25) is 19.2 Å². The summed E-state index contributed by atoms with van der Waals surface area (Å²) in [4.78, 5) is 63.1. The fourth-order valence-corrected chi connectivity index (χ4v) is 4.00. The van der Waals surface area contributed by atoms with Gasteiger partial charge in [0.2, 0.25) is 17.6 Å². The van der Waals surface area contributed by atoms with Crippen molar-refractivity contribution in [1.82, 2.24) is 21.3 Å². The van der Waals surface area contributed by atoms with Crippen molar-refractivity contribution in [3.05, 3.63) is 33.8 Å². The lowest BCUT2D eigenvalue weighted by Crippen LogP contribution is -2.55. The van der Waals surface area contributed by atoms with E-state index in [1.54, 1.807) is 19.1 Å². The number of carbonyl (C=O) groups is 5. The van der Waals surface area contributed by atoms with Crippen LogP contribution in [0.3, 0.4) is 0 Å². The molecule has 0 spiro atoms. The highest BCUT2D eigenvalue weighted by molar-refractivity contribution is 6.38. The maximum Gasteiger partial charge on any atom is 0.408 e. The zero-order valence-corrected chi connectivity index (χ0v) is 23.6. The Labute approximate surface area is 232 Å². The molecule has 0 heterocycles. The predicted molar refractivity (Wildman–Crippen MR) is 144 cm³/mol. The zero-order valence-electron chi connectivity index (χ0n) is 22.1. The summed E-state index contributed by atoms with van der Waals surface area (Å²) in [6, 6.07) is 2.38. The molecule has 4 amide bonds. The van der Waals surface area contributed by atoms with Gasteiger partial charge in [0.25, 0.3) is 5.91 Å². The zero-order chi connectivity index (χ0) is 28.5. The molecule has 1 aliphatic carbocycles. The van der Waals surface area contributed by atoms with Crippen LogP contribution < -0.4 is 21.3 Å². The van der Waals surface area contributed by atoms with Gasteiger partial charge in [0.1, 0.15) is 12.6 Å². The van der Waals surface area contributed by atoms with E-state index in [-0.39, 0.29) is 37.8 Å². The Morgan fingerprint density at radius 1 is 1.05 bits per heavy atom. The number of ether oxygens (including phenoxy) is 1. The van der Waals surface area contributed by atoms with Crippen molar-refractivity contribution in [3.63, 3.8) is 0 Å². The smallest absolute Gasteiger partial charge is 0.408 e. The number of amides is 4. The van der Waals surface area contributed by atoms with Crippen molar-refractivity contribution in [3.8, 4) is 0 Å². The average Bonchev–Trinajstić information content (AvgIpc) is 3.63. The number of halogens is 2. The predicted octanol–water partition coefficient (Wildman–Crippen LogP) is 3.27. The highest BCUT2D eigenvalue weighted by Gasteiger charge is 2.34. The van der Waals surface area contributed by atoms with E-state index in [2.05, 4.69) is 21.3 Å². The molecule has 1 aliphatic rings. The molecule has 2 atom stereocenters. The molecular weight excluding hydrogens is 535 g/mol. The number of hydrogen-bond acceptors (Lipinski definition) is 6. The second kappa shape index (κ2) is 14.3. The van der Waals surface area contributed by atoms with Gasteiger partial charge < -0.3 is 26.0 Å². The molecule has 0 bridgehead atoms. The van der Waals surface area contributed by atoms with Crippen LogP contribution in [0.5, 0.6) is 0 Å². The van der Waals surface area contributed by atoms with Gasteiger partial charge in [-0.1, -0.05) is 50.0 Å². The monoisotopic (exact) mass is 570 g/mol. The Morgan fingerprint density at radius 2 is 1.74 bits per heavy atom. The Bertz CT molecular complexity index is 1040. The topological polar surface area (TPSA) is 143 Å². The summed E-state index contributed by atoms with van der Waals surface area (Å²) in [7, 11) is 0. The van der Waals surface area contributed by atoms with Crippen LogP contribution in [0.2, 0.25) is 10.0 Å². The van der Waals surface area contributed by atoms with E-state index in [9.17, 15) is 24.0 Å². The normalized spacial score (nSPS) is 14.6. The molecule has 0 aromatic heterocycles. The van der Waals surface area contributed by atoms with Crippen molar-refractivity contribution < 1.29 is 28.7 Å². The van der Waals surface area contributed by atoms with Gasteiger partial charge in [0.05, 0.1) is 6.04 Å². The van der Waals surface area contributed by atoms with Gasteiger partial charge in [0, 0.05) is 34.6 Å². The Hall–Kier alpha value is -2.85. The summed E-state index contributed by atoms with van der Waals surface area (Å²) < 4.78 is 5.25. The van der Waals surface area contributed by atoms with Gasteiger partial charge >= 0.3 is 6.09 Å². The number of hydrogen-bond donors (Lipinski definition) is 4. The third kappa shape index (κ3) is 11.3. The van der Waals surface area contributed by atoms with E-state index in [0.29, 0.717) is 22.2 Å². The minimum Gasteiger partial charge on any atom is -0.445 e. The Morgan fingerprint density at radius 3 is 2.32 bits per heavy atom. The summed E-state index contributed by atoms with van der Waals surface area (Å²) >= 11 is 12.0. The van der Waals surface area contributed by atoms with Crippen molar-refractivity contribution in [2.24, 2.45) is 5.41 Å².